The number of para-hydroxylation sites is 2. The lowest BCUT2D eigenvalue weighted by molar-refractivity contribution is 0.0952. The maximum absolute atomic E-state index is 13.0. The van der Waals surface area contributed by atoms with Gasteiger partial charge in [-0.25, -0.2) is 9.69 Å². The van der Waals surface area contributed by atoms with Crippen LogP contribution < -0.4 is 14.5 Å². The molecule has 1 amide bonds. The first-order valence-corrected chi connectivity index (χ1v) is 9.46. The number of hydrogen-bond donors (Lipinski definition) is 0. The summed E-state index contributed by atoms with van der Waals surface area (Å²) >= 11 is 1.57. The Kier molecular flexibility index (Phi) is 4.97. The molecule has 0 aliphatic carbocycles. The standard InChI is InChI=1S/C19H18N4O3S/c1-25-15-9-5-6-10-16(15)26-13-17-20-21-19-23(17)22(11-12-27-19)18(24)14-7-3-2-4-8-14/h2-10H,11-13H2,1H3. The quantitative estimate of drug-likeness (QED) is 0.676. The van der Waals surface area contributed by atoms with Crippen LogP contribution in [0.1, 0.15) is 16.2 Å². The maximum atomic E-state index is 13.0. The van der Waals surface area contributed by atoms with E-state index < -0.39 is 0 Å². The minimum absolute atomic E-state index is 0.0875. The highest BCUT2D eigenvalue weighted by atomic mass is 32.2. The van der Waals surface area contributed by atoms with Crippen LogP contribution in [0, 0.1) is 0 Å². The predicted octanol–water partition coefficient (Wildman–Crippen LogP) is 2.75. The van der Waals surface area contributed by atoms with Gasteiger partial charge in [-0.15, -0.1) is 10.2 Å². The van der Waals surface area contributed by atoms with Crippen molar-refractivity contribution in [3.63, 3.8) is 0 Å². The number of carbonyl (C=O) groups excluding carboxylic acids is 1. The van der Waals surface area contributed by atoms with E-state index in [-0.39, 0.29) is 12.5 Å². The molecule has 27 heavy (non-hydrogen) atoms. The summed E-state index contributed by atoms with van der Waals surface area (Å²) in [5, 5.41) is 10.8. The zero-order valence-corrected chi connectivity index (χ0v) is 15.6. The van der Waals surface area contributed by atoms with E-state index in [0.717, 1.165) is 5.75 Å². The van der Waals surface area contributed by atoms with Crippen LogP contribution in [0.4, 0.5) is 0 Å². The van der Waals surface area contributed by atoms with E-state index in [2.05, 4.69) is 10.2 Å². The highest BCUT2D eigenvalue weighted by Gasteiger charge is 2.28. The second kappa shape index (κ2) is 7.71. The fourth-order valence-electron chi connectivity index (χ4n) is 2.84. The van der Waals surface area contributed by atoms with Crippen LogP contribution in [-0.4, -0.2) is 40.2 Å². The largest absolute Gasteiger partial charge is 0.493 e. The molecular weight excluding hydrogens is 364 g/mol. The van der Waals surface area contributed by atoms with E-state index in [4.69, 9.17) is 9.47 Å². The van der Waals surface area contributed by atoms with Crippen molar-refractivity contribution < 1.29 is 14.3 Å². The van der Waals surface area contributed by atoms with Crippen LogP contribution in [0.5, 0.6) is 11.5 Å². The van der Waals surface area contributed by atoms with Crippen LogP contribution in [0.2, 0.25) is 0 Å². The Bertz CT molecular complexity index is 945. The Hall–Kier alpha value is -3.00. The van der Waals surface area contributed by atoms with Crippen LogP contribution >= 0.6 is 11.8 Å². The number of fused-ring (bicyclic) bond motifs is 1. The van der Waals surface area contributed by atoms with Gasteiger partial charge < -0.3 is 9.47 Å². The third-order valence-corrected chi connectivity index (χ3v) is 5.03. The van der Waals surface area contributed by atoms with Crippen molar-refractivity contribution in [3.05, 3.63) is 66.0 Å². The molecule has 0 N–H and O–H groups in total. The third kappa shape index (κ3) is 3.48. The Morgan fingerprint density at radius 1 is 1.07 bits per heavy atom. The van der Waals surface area contributed by atoms with E-state index in [1.54, 1.807) is 40.7 Å². The van der Waals surface area contributed by atoms with Crippen molar-refractivity contribution in [2.45, 2.75) is 11.8 Å². The summed E-state index contributed by atoms with van der Waals surface area (Å²) in [5.41, 5.74) is 0.626. The first-order chi connectivity index (χ1) is 13.3. The van der Waals surface area contributed by atoms with E-state index in [9.17, 15) is 4.79 Å². The number of rotatable bonds is 5. The monoisotopic (exact) mass is 382 g/mol. The van der Waals surface area contributed by atoms with Crippen LogP contribution in [0.25, 0.3) is 0 Å². The molecule has 0 atom stereocenters. The number of methoxy groups -OCH3 is 1. The lowest BCUT2D eigenvalue weighted by Gasteiger charge is -2.29. The number of thioether (sulfide) groups is 1. The molecule has 7 nitrogen and oxygen atoms in total. The molecule has 1 aliphatic heterocycles. The van der Waals surface area contributed by atoms with Gasteiger partial charge in [-0.3, -0.25) is 4.79 Å². The second-order valence-corrected chi connectivity index (χ2v) is 6.85. The molecule has 0 fully saturated rings. The van der Waals surface area contributed by atoms with Gasteiger partial charge in [0.1, 0.15) is 6.61 Å². The van der Waals surface area contributed by atoms with Crippen molar-refractivity contribution in [1.29, 1.82) is 0 Å². The van der Waals surface area contributed by atoms with Crippen molar-refractivity contribution in [1.82, 2.24) is 14.9 Å². The van der Waals surface area contributed by atoms with Crippen LogP contribution in [-0.2, 0) is 6.61 Å². The number of carbonyl (C=O) groups is 1. The number of ether oxygens (including phenoxy) is 2. The summed E-state index contributed by atoms with van der Waals surface area (Å²) < 4.78 is 12.9. The molecule has 0 radical (unpaired) electrons. The minimum atomic E-state index is -0.0875. The van der Waals surface area contributed by atoms with Gasteiger partial charge in [0, 0.05) is 11.3 Å². The summed E-state index contributed by atoms with van der Waals surface area (Å²) in [6.45, 7) is 0.748. The van der Waals surface area contributed by atoms with Gasteiger partial charge in [0.05, 0.1) is 13.7 Å². The Morgan fingerprint density at radius 2 is 1.81 bits per heavy atom. The highest BCUT2D eigenvalue weighted by Crippen LogP contribution is 2.28. The van der Waals surface area contributed by atoms with Crippen molar-refractivity contribution >= 4 is 17.7 Å². The molecular formula is C19H18N4O3S. The summed E-state index contributed by atoms with van der Waals surface area (Å²) in [4.78, 5) is 13.0. The van der Waals surface area contributed by atoms with Gasteiger partial charge in [0.15, 0.2) is 17.3 Å². The van der Waals surface area contributed by atoms with Gasteiger partial charge in [-0.2, -0.15) is 0 Å². The molecule has 4 rings (SSSR count). The minimum Gasteiger partial charge on any atom is -0.493 e. The Balaban J connectivity index is 1.60. The van der Waals surface area contributed by atoms with Crippen LogP contribution in [0.15, 0.2) is 59.8 Å². The molecule has 1 aliphatic rings. The van der Waals surface area contributed by atoms with Crippen LogP contribution in [0.3, 0.4) is 0 Å². The molecule has 138 valence electrons. The fourth-order valence-corrected chi connectivity index (χ4v) is 3.72. The average Bonchev–Trinajstić information content (AvgIpc) is 3.16. The van der Waals surface area contributed by atoms with Gasteiger partial charge in [0.2, 0.25) is 5.16 Å². The first kappa shape index (κ1) is 17.4. The van der Waals surface area contributed by atoms with E-state index in [1.165, 1.54) is 0 Å². The number of benzene rings is 2. The zero-order chi connectivity index (χ0) is 18.6. The Labute approximate surface area is 160 Å². The number of aromatic nitrogens is 3. The normalized spacial score (nSPS) is 13.1. The summed E-state index contributed by atoms with van der Waals surface area (Å²) in [7, 11) is 1.60. The highest BCUT2D eigenvalue weighted by molar-refractivity contribution is 7.99. The topological polar surface area (TPSA) is 69.5 Å². The van der Waals surface area contributed by atoms with E-state index in [0.29, 0.717) is 34.6 Å². The molecule has 2 aromatic carbocycles. The lowest BCUT2D eigenvalue weighted by Crippen LogP contribution is -2.45. The van der Waals surface area contributed by atoms with E-state index >= 15 is 0 Å². The van der Waals surface area contributed by atoms with Gasteiger partial charge in [0.25, 0.3) is 5.91 Å². The molecule has 0 bridgehead atoms. The molecule has 0 saturated heterocycles. The SMILES string of the molecule is COc1ccccc1OCc1nnc2n1N(C(=O)c1ccccc1)CCS2. The maximum Gasteiger partial charge on any atom is 0.272 e. The predicted molar refractivity (Wildman–Crippen MR) is 102 cm³/mol. The van der Waals surface area contributed by atoms with Gasteiger partial charge in [-0.05, 0) is 24.3 Å². The number of nitrogens with zero attached hydrogens (tertiary/aromatic N) is 4. The molecule has 8 heteroatoms. The Morgan fingerprint density at radius 3 is 2.59 bits per heavy atom. The fraction of sp³-hybridized carbons (Fsp3) is 0.211. The molecule has 0 unspecified atom stereocenters. The van der Waals surface area contributed by atoms with Crippen molar-refractivity contribution in [2.75, 3.05) is 24.4 Å². The average molecular weight is 382 g/mol. The molecule has 3 aromatic rings. The zero-order valence-electron chi connectivity index (χ0n) is 14.7. The second-order valence-electron chi connectivity index (χ2n) is 5.79. The van der Waals surface area contributed by atoms with Crippen molar-refractivity contribution in [3.8, 4) is 11.5 Å². The number of amides is 1. The van der Waals surface area contributed by atoms with Gasteiger partial charge >= 0.3 is 0 Å². The molecule has 2 heterocycles. The van der Waals surface area contributed by atoms with E-state index in [1.807, 2.05) is 42.5 Å². The summed E-state index contributed by atoms with van der Waals surface area (Å²) in [6, 6.07) is 16.6. The summed E-state index contributed by atoms with van der Waals surface area (Å²) in [5.74, 6) is 2.50. The van der Waals surface area contributed by atoms with Crippen molar-refractivity contribution in [2.24, 2.45) is 0 Å². The smallest absolute Gasteiger partial charge is 0.272 e. The van der Waals surface area contributed by atoms with Gasteiger partial charge in [-0.1, -0.05) is 42.1 Å². The molecule has 0 saturated carbocycles. The number of hydrogen-bond acceptors (Lipinski definition) is 6. The third-order valence-electron chi connectivity index (χ3n) is 4.13. The lowest BCUT2D eigenvalue weighted by atomic mass is 10.2. The summed E-state index contributed by atoms with van der Waals surface area (Å²) in [6.07, 6.45) is 0. The first-order valence-electron chi connectivity index (χ1n) is 8.48. The molecule has 1 aromatic heterocycles. The molecule has 0 spiro atoms.